The molecule has 0 amide bonds. The highest BCUT2D eigenvalue weighted by Crippen LogP contribution is 2.33. The van der Waals surface area contributed by atoms with Crippen molar-refractivity contribution >= 4 is 5.69 Å². The lowest BCUT2D eigenvalue weighted by Crippen LogP contribution is -2.46. The highest BCUT2D eigenvalue weighted by molar-refractivity contribution is 5.59. The number of rotatable bonds is 0. The maximum atomic E-state index is 3.42. The van der Waals surface area contributed by atoms with Crippen molar-refractivity contribution < 1.29 is 0 Å². The van der Waals surface area contributed by atoms with E-state index < -0.39 is 0 Å². The number of benzene rings is 1. The fraction of sp³-hybridized carbons (Fsp3) is 0.455. The zero-order valence-electron chi connectivity index (χ0n) is 7.66. The molecular weight excluding hydrogens is 160 g/mol. The molecule has 0 aliphatic carbocycles. The zero-order valence-corrected chi connectivity index (χ0v) is 7.66. The predicted octanol–water partition coefficient (Wildman–Crippen LogP) is 1.37. The number of nitrogens with one attached hydrogen (secondary N) is 1. The molecule has 0 spiro atoms. The molecule has 1 atom stereocenters. The van der Waals surface area contributed by atoms with E-state index in [4.69, 9.17) is 0 Å². The van der Waals surface area contributed by atoms with Crippen LogP contribution in [0.2, 0.25) is 0 Å². The van der Waals surface area contributed by atoms with Gasteiger partial charge in [-0.25, -0.2) is 0 Å². The summed E-state index contributed by atoms with van der Waals surface area (Å²) in [6.07, 6.45) is 2.53. The fourth-order valence-corrected chi connectivity index (χ4v) is 2.46. The Labute approximate surface area is 78.6 Å². The van der Waals surface area contributed by atoms with Crippen molar-refractivity contribution in [1.82, 2.24) is 5.32 Å². The summed E-state index contributed by atoms with van der Waals surface area (Å²) in [4.78, 5) is 2.50. The Balaban J connectivity index is 2.01. The Morgan fingerprint density at radius 3 is 3.23 bits per heavy atom. The second-order valence-electron chi connectivity index (χ2n) is 3.90. The third-order valence-corrected chi connectivity index (χ3v) is 3.13. The molecule has 3 rings (SSSR count). The third-order valence-electron chi connectivity index (χ3n) is 3.13. The van der Waals surface area contributed by atoms with Gasteiger partial charge < -0.3 is 4.90 Å². The van der Waals surface area contributed by atoms with Crippen molar-refractivity contribution in [1.29, 1.82) is 0 Å². The number of hydrogen-bond donors (Lipinski definition) is 1. The monoisotopic (exact) mass is 174 g/mol. The summed E-state index contributed by atoms with van der Waals surface area (Å²) in [6.45, 7) is 2.21. The van der Waals surface area contributed by atoms with Crippen molar-refractivity contribution in [3.8, 4) is 0 Å². The highest BCUT2D eigenvalue weighted by Gasteiger charge is 2.30. The van der Waals surface area contributed by atoms with E-state index in [1.807, 2.05) is 0 Å². The standard InChI is InChI=1S/C11H14N2/c1-2-4-11-9(3-1)7-10-5-6-12-8-13(10)11/h1-4,10,12H,5-8H2. The lowest BCUT2D eigenvalue weighted by molar-refractivity contribution is 0.465. The molecule has 1 unspecified atom stereocenters. The Bertz CT molecular complexity index is 322. The van der Waals surface area contributed by atoms with Crippen LogP contribution in [-0.4, -0.2) is 19.3 Å². The van der Waals surface area contributed by atoms with Crippen LogP contribution in [0.5, 0.6) is 0 Å². The molecule has 1 aromatic rings. The van der Waals surface area contributed by atoms with E-state index in [-0.39, 0.29) is 0 Å². The van der Waals surface area contributed by atoms with Crippen LogP contribution in [-0.2, 0) is 6.42 Å². The summed E-state index contributed by atoms with van der Waals surface area (Å²) in [7, 11) is 0. The molecule has 0 aromatic heterocycles. The van der Waals surface area contributed by atoms with Gasteiger partial charge >= 0.3 is 0 Å². The second kappa shape index (κ2) is 2.74. The topological polar surface area (TPSA) is 15.3 Å². The van der Waals surface area contributed by atoms with Gasteiger partial charge in [-0.15, -0.1) is 0 Å². The first kappa shape index (κ1) is 7.39. The smallest absolute Gasteiger partial charge is 0.0685 e. The summed E-state index contributed by atoms with van der Waals surface area (Å²) in [6, 6.07) is 9.54. The molecule has 68 valence electrons. The molecule has 1 aromatic carbocycles. The summed E-state index contributed by atoms with van der Waals surface area (Å²) < 4.78 is 0. The van der Waals surface area contributed by atoms with Crippen LogP contribution < -0.4 is 10.2 Å². The van der Waals surface area contributed by atoms with Crippen molar-refractivity contribution in [2.75, 3.05) is 18.1 Å². The van der Waals surface area contributed by atoms with Gasteiger partial charge in [0.05, 0.1) is 6.67 Å². The summed E-state index contributed by atoms with van der Waals surface area (Å²) in [5.74, 6) is 0. The summed E-state index contributed by atoms with van der Waals surface area (Å²) >= 11 is 0. The van der Waals surface area contributed by atoms with E-state index in [1.54, 1.807) is 0 Å². The van der Waals surface area contributed by atoms with Gasteiger partial charge in [-0.2, -0.15) is 0 Å². The van der Waals surface area contributed by atoms with Gasteiger partial charge in [0.15, 0.2) is 0 Å². The van der Waals surface area contributed by atoms with E-state index in [1.165, 1.54) is 30.6 Å². The molecule has 2 aliphatic rings. The van der Waals surface area contributed by atoms with Crippen molar-refractivity contribution in [3.63, 3.8) is 0 Å². The van der Waals surface area contributed by atoms with E-state index in [0.717, 1.165) is 12.7 Å². The molecule has 2 heteroatoms. The van der Waals surface area contributed by atoms with Gasteiger partial charge in [0.1, 0.15) is 0 Å². The largest absolute Gasteiger partial charge is 0.355 e. The van der Waals surface area contributed by atoms with Crippen molar-refractivity contribution in [2.24, 2.45) is 0 Å². The molecule has 1 fully saturated rings. The molecule has 2 aliphatic heterocycles. The molecule has 13 heavy (non-hydrogen) atoms. The van der Waals surface area contributed by atoms with E-state index in [9.17, 15) is 0 Å². The van der Waals surface area contributed by atoms with Crippen LogP contribution in [0.1, 0.15) is 12.0 Å². The van der Waals surface area contributed by atoms with Gasteiger partial charge in [-0.1, -0.05) is 18.2 Å². The molecule has 1 saturated heterocycles. The first-order valence-corrected chi connectivity index (χ1v) is 5.00. The molecule has 0 bridgehead atoms. The molecule has 0 saturated carbocycles. The van der Waals surface area contributed by atoms with Gasteiger partial charge in [0.25, 0.3) is 0 Å². The van der Waals surface area contributed by atoms with Crippen molar-refractivity contribution in [3.05, 3.63) is 29.8 Å². The van der Waals surface area contributed by atoms with E-state index >= 15 is 0 Å². The molecule has 0 radical (unpaired) electrons. The van der Waals surface area contributed by atoms with Gasteiger partial charge in [0.2, 0.25) is 0 Å². The van der Waals surface area contributed by atoms with E-state index in [0.29, 0.717) is 0 Å². The summed E-state index contributed by atoms with van der Waals surface area (Å²) in [5, 5.41) is 3.42. The average molecular weight is 174 g/mol. The Hall–Kier alpha value is -1.02. The molecule has 1 N–H and O–H groups in total. The summed E-state index contributed by atoms with van der Waals surface area (Å²) in [5.41, 5.74) is 2.97. The molecular formula is C11H14N2. The number of nitrogens with zero attached hydrogens (tertiary/aromatic N) is 1. The third kappa shape index (κ3) is 1.05. The van der Waals surface area contributed by atoms with E-state index in [2.05, 4.69) is 34.5 Å². The Morgan fingerprint density at radius 1 is 1.31 bits per heavy atom. The minimum Gasteiger partial charge on any atom is -0.355 e. The van der Waals surface area contributed by atoms with Crippen LogP contribution in [0.15, 0.2) is 24.3 Å². The second-order valence-corrected chi connectivity index (χ2v) is 3.90. The SMILES string of the molecule is c1ccc2c(c1)CC1CCNCN21. The lowest BCUT2D eigenvalue weighted by Gasteiger charge is -2.32. The zero-order chi connectivity index (χ0) is 8.67. The Kier molecular flexibility index (Phi) is 1.56. The van der Waals surface area contributed by atoms with Crippen molar-refractivity contribution in [2.45, 2.75) is 18.9 Å². The Morgan fingerprint density at radius 2 is 2.23 bits per heavy atom. The van der Waals surface area contributed by atoms with Gasteiger partial charge in [-0.3, -0.25) is 5.32 Å². The van der Waals surface area contributed by atoms with Crippen LogP contribution in [0.4, 0.5) is 5.69 Å². The normalized spacial score (nSPS) is 25.5. The first-order valence-electron chi connectivity index (χ1n) is 5.00. The maximum absolute atomic E-state index is 3.42. The fourth-order valence-electron chi connectivity index (χ4n) is 2.46. The maximum Gasteiger partial charge on any atom is 0.0685 e. The number of anilines is 1. The van der Waals surface area contributed by atoms with Gasteiger partial charge in [-0.05, 0) is 31.0 Å². The molecule has 2 heterocycles. The first-order chi connectivity index (χ1) is 6.45. The number of para-hydroxylation sites is 1. The predicted molar refractivity (Wildman–Crippen MR) is 53.9 cm³/mol. The highest BCUT2D eigenvalue weighted by atomic mass is 15.3. The molecule has 2 nitrogen and oxygen atoms in total. The van der Waals surface area contributed by atoms with Crippen LogP contribution >= 0.6 is 0 Å². The van der Waals surface area contributed by atoms with Crippen LogP contribution in [0, 0.1) is 0 Å². The number of hydrogen-bond acceptors (Lipinski definition) is 2. The van der Waals surface area contributed by atoms with Crippen LogP contribution in [0.25, 0.3) is 0 Å². The number of fused-ring (bicyclic) bond motifs is 3. The van der Waals surface area contributed by atoms with Crippen LogP contribution in [0.3, 0.4) is 0 Å². The average Bonchev–Trinajstić information content (AvgIpc) is 2.56. The quantitative estimate of drug-likeness (QED) is 0.639. The van der Waals surface area contributed by atoms with Gasteiger partial charge in [0, 0.05) is 11.7 Å². The minimum atomic E-state index is 0.763. The lowest BCUT2D eigenvalue weighted by atomic mass is 10.1. The minimum absolute atomic E-state index is 0.763.